The molecule has 0 aromatic carbocycles. The summed E-state index contributed by atoms with van der Waals surface area (Å²) in [6.45, 7) is 5.22. The third-order valence-corrected chi connectivity index (χ3v) is 4.62. The van der Waals surface area contributed by atoms with E-state index >= 15 is 0 Å². The summed E-state index contributed by atoms with van der Waals surface area (Å²) in [4.78, 5) is 4.79. The largest absolute Gasteiger partial charge is 0.330 e. The Hall–Kier alpha value is -0.410. The maximum absolute atomic E-state index is 5.63. The van der Waals surface area contributed by atoms with Gasteiger partial charge in [-0.1, -0.05) is 20.3 Å². The summed E-state index contributed by atoms with van der Waals surface area (Å²) in [5, 5.41) is 3.51. The summed E-state index contributed by atoms with van der Waals surface area (Å²) in [5.41, 5.74) is 7.11. The third-order valence-electron chi connectivity index (χ3n) is 3.39. The maximum atomic E-state index is 5.63. The van der Waals surface area contributed by atoms with Gasteiger partial charge in [-0.3, -0.25) is 0 Å². The quantitative estimate of drug-likeness (QED) is 0.853. The van der Waals surface area contributed by atoms with Crippen molar-refractivity contribution in [3.05, 3.63) is 16.1 Å². The Morgan fingerprint density at radius 3 is 2.80 bits per heavy atom. The van der Waals surface area contributed by atoms with Gasteiger partial charge in [-0.25, -0.2) is 4.98 Å². The molecule has 1 fully saturated rings. The molecule has 2 nitrogen and oxygen atoms in total. The number of hydrogen-bond donors (Lipinski definition) is 1. The van der Waals surface area contributed by atoms with Crippen LogP contribution in [-0.2, 0) is 5.41 Å². The molecule has 15 heavy (non-hydrogen) atoms. The van der Waals surface area contributed by atoms with E-state index in [1.165, 1.54) is 30.0 Å². The molecule has 1 aliphatic rings. The summed E-state index contributed by atoms with van der Waals surface area (Å²) in [7, 11) is 0. The van der Waals surface area contributed by atoms with Crippen LogP contribution >= 0.6 is 11.3 Å². The second kappa shape index (κ2) is 4.22. The van der Waals surface area contributed by atoms with E-state index in [4.69, 9.17) is 10.7 Å². The molecule has 3 heteroatoms. The van der Waals surface area contributed by atoms with Crippen molar-refractivity contribution in [2.45, 2.75) is 50.9 Å². The summed E-state index contributed by atoms with van der Waals surface area (Å²) < 4.78 is 0. The number of nitrogens with zero attached hydrogens (tertiary/aromatic N) is 1. The smallest absolute Gasteiger partial charge is 0.0985 e. The zero-order valence-corrected chi connectivity index (χ0v) is 10.4. The predicted octanol–water partition coefficient (Wildman–Crippen LogP) is 3.04. The number of rotatable bonds is 4. The lowest BCUT2D eigenvalue weighted by Crippen LogP contribution is -2.21. The predicted molar refractivity (Wildman–Crippen MR) is 65.4 cm³/mol. The van der Waals surface area contributed by atoms with Gasteiger partial charge >= 0.3 is 0 Å². The lowest BCUT2D eigenvalue weighted by Gasteiger charge is -2.24. The molecule has 0 spiro atoms. The first-order chi connectivity index (χ1) is 7.13. The molecular weight excluding hydrogens is 204 g/mol. The molecule has 1 aromatic rings. The average Bonchev–Trinajstić information content (AvgIpc) is 2.50. The van der Waals surface area contributed by atoms with Crippen molar-refractivity contribution >= 4 is 11.3 Å². The molecule has 1 saturated carbocycles. The summed E-state index contributed by atoms with van der Waals surface area (Å²) >= 11 is 1.81. The monoisotopic (exact) mass is 224 g/mol. The van der Waals surface area contributed by atoms with Crippen molar-refractivity contribution < 1.29 is 0 Å². The molecule has 1 heterocycles. The molecule has 2 N–H and O–H groups in total. The standard InChI is InChI=1S/C12H20N2S/c1-12(2,6-7-13)11-14-10(8-15-11)9-4-3-5-9/h8-9H,3-7,13H2,1-2H3. The number of hydrogen-bond acceptors (Lipinski definition) is 3. The van der Waals surface area contributed by atoms with Crippen molar-refractivity contribution in [3.8, 4) is 0 Å². The SMILES string of the molecule is CC(C)(CCN)c1nc(C2CCC2)cs1. The van der Waals surface area contributed by atoms with Gasteiger partial charge in [-0.15, -0.1) is 11.3 Å². The first kappa shape index (κ1) is 11.1. The van der Waals surface area contributed by atoms with Crippen LogP contribution in [-0.4, -0.2) is 11.5 Å². The fourth-order valence-electron chi connectivity index (χ4n) is 1.96. The molecule has 0 aliphatic heterocycles. The molecule has 0 amide bonds. The van der Waals surface area contributed by atoms with Gasteiger partial charge in [0.1, 0.15) is 0 Å². The second-order valence-corrected chi connectivity index (χ2v) is 5.99. The van der Waals surface area contributed by atoms with Crippen LogP contribution in [0.5, 0.6) is 0 Å². The van der Waals surface area contributed by atoms with Crippen molar-refractivity contribution in [2.24, 2.45) is 5.73 Å². The average molecular weight is 224 g/mol. The third kappa shape index (κ3) is 2.23. The topological polar surface area (TPSA) is 38.9 Å². The lowest BCUT2D eigenvalue weighted by molar-refractivity contribution is 0.408. The molecule has 0 atom stereocenters. The number of aromatic nitrogens is 1. The van der Waals surface area contributed by atoms with E-state index in [2.05, 4.69) is 19.2 Å². The molecule has 84 valence electrons. The van der Waals surface area contributed by atoms with Crippen molar-refractivity contribution in [2.75, 3.05) is 6.54 Å². The minimum atomic E-state index is 0.154. The van der Waals surface area contributed by atoms with E-state index in [-0.39, 0.29) is 5.41 Å². The van der Waals surface area contributed by atoms with Gasteiger partial charge < -0.3 is 5.73 Å². The van der Waals surface area contributed by atoms with Crippen molar-refractivity contribution in [3.63, 3.8) is 0 Å². The van der Waals surface area contributed by atoms with Gasteiger partial charge in [-0.2, -0.15) is 0 Å². The fourth-order valence-corrected chi connectivity index (χ4v) is 3.01. The molecule has 1 aliphatic carbocycles. The highest BCUT2D eigenvalue weighted by atomic mass is 32.1. The van der Waals surface area contributed by atoms with E-state index in [9.17, 15) is 0 Å². The van der Waals surface area contributed by atoms with E-state index < -0.39 is 0 Å². The minimum Gasteiger partial charge on any atom is -0.330 e. The molecule has 1 aromatic heterocycles. The molecule has 0 saturated heterocycles. The Morgan fingerprint density at radius 1 is 1.53 bits per heavy atom. The molecular formula is C12H20N2S. The highest BCUT2D eigenvalue weighted by molar-refractivity contribution is 7.09. The Morgan fingerprint density at radius 2 is 2.27 bits per heavy atom. The Labute approximate surface area is 95.9 Å². The minimum absolute atomic E-state index is 0.154. The zero-order chi connectivity index (χ0) is 10.9. The van der Waals surface area contributed by atoms with Crippen LogP contribution in [0.4, 0.5) is 0 Å². The Balaban J connectivity index is 2.11. The number of thiazole rings is 1. The summed E-state index contributed by atoms with van der Waals surface area (Å²) in [6.07, 6.45) is 5.06. The van der Waals surface area contributed by atoms with Crippen molar-refractivity contribution in [1.82, 2.24) is 4.98 Å². The first-order valence-corrected chi connectivity index (χ1v) is 6.67. The van der Waals surface area contributed by atoms with Crippen LogP contribution in [0, 0.1) is 0 Å². The molecule has 0 radical (unpaired) electrons. The lowest BCUT2D eigenvalue weighted by atomic mass is 9.83. The highest BCUT2D eigenvalue weighted by Gasteiger charge is 2.27. The van der Waals surface area contributed by atoms with Crippen LogP contribution in [0.15, 0.2) is 5.38 Å². The molecule has 0 bridgehead atoms. The Bertz CT molecular complexity index is 326. The second-order valence-electron chi connectivity index (χ2n) is 5.13. The van der Waals surface area contributed by atoms with E-state index in [0.29, 0.717) is 0 Å². The van der Waals surface area contributed by atoms with E-state index in [1.54, 1.807) is 0 Å². The van der Waals surface area contributed by atoms with E-state index in [1.807, 2.05) is 11.3 Å². The number of nitrogens with two attached hydrogens (primary N) is 1. The van der Waals surface area contributed by atoms with Gasteiger partial charge in [-0.05, 0) is 25.8 Å². The summed E-state index contributed by atoms with van der Waals surface area (Å²) in [6, 6.07) is 0. The van der Waals surface area contributed by atoms with Crippen molar-refractivity contribution in [1.29, 1.82) is 0 Å². The van der Waals surface area contributed by atoms with Crippen LogP contribution in [0.3, 0.4) is 0 Å². The first-order valence-electron chi connectivity index (χ1n) is 5.79. The van der Waals surface area contributed by atoms with Gasteiger partial charge in [0.05, 0.1) is 10.7 Å². The highest BCUT2D eigenvalue weighted by Crippen LogP contribution is 2.38. The van der Waals surface area contributed by atoms with Gasteiger partial charge in [0, 0.05) is 16.7 Å². The van der Waals surface area contributed by atoms with Crippen LogP contribution < -0.4 is 5.73 Å². The van der Waals surface area contributed by atoms with Gasteiger partial charge in [0.25, 0.3) is 0 Å². The molecule has 0 unspecified atom stereocenters. The fraction of sp³-hybridized carbons (Fsp3) is 0.750. The Kier molecular flexibility index (Phi) is 3.12. The van der Waals surface area contributed by atoms with E-state index in [0.717, 1.165) is 18.9 Å². The maximum Gasteiger partial charge on any atom is 0.0985 e. The van der Waals surface area contributed by atoms with Crippen LogP contribution in [0.1, 0.15) is 56.2 Å². The molecule has 2 rings (SSSR count). The van der Waals surface area contributed by atoms with Crippen LogP contribution in [0.25, 0.3) is 0 Å². The summed E-state index contributed by atoms with van der Waals surface area (Å²) in [5.74, 6) is 0.753. The van der Waals surface area contributed by atoms with Gasteiger partial charge in [0.2, 0.25) is 0 Å². The normalized spacial score (nSPS) is 17.8. The van der Waals surface area contributed by atoms with Gasteiger partial charge in [0.15, 0.2) is 0 Å². The zero-order valence-electron chi connectivity index (χ0n) is 9.62. The van der Waals surface area contributed by atoms with Crippen LogP contribution in [0.2, 0.25) is 0 Å².